The summed E-state index contributed by atoms with van der Waals surface area (Å²) < 4.78 is 6.57. The smallest absolute Gasteiger partial charge is 0.338 e. The van der Waals surface area contributed by atoms with Crippen LogP contribution in [-0.2, 0) is 11.3 Å². The highest BCUT2D eigenvalue weighted by Crippen LogP contribution is 1.99. The van der Waals surface area contributed by atoms with E-state index in [9.17, 15) is 4.79 Å². The summed E-state index contributed by atoms with van der Waals surface area (Å²) in [5, 5.41) is 12.5. The van der Waals surface area contributed by atoms with Gasteiger partial charge in [-0.15, -0.1) is 0 Å². The Balaban J connectivity index is 2.64. The molecular formula is C8H12N2O3. The normalized spacial score (nSPS) is 12.8. The molecule has 0 saturated carbocycles. The zero-order valence-electron chi connectivity index (χ0n) is 7.60. The molecule has 0 bridgehead atoms. The maximum Gasteiger partial charge on any atom is 0.338 e. The highest BCUT2D eigenvalue weighted by Gasteiger charge is 2.07. The van der Waals surface area contributed by atoms with Crippen LogP contribution in [0.1, 0.15) is 17.3 Å². The summed E-state index contributed by atoms with van der Waals surface area (Å²) in [4.78, 5) is 10.5. The minimum absolute atomic E-state index is 0.0292. The first-order chi connectivity index (χ1) is 6.13. The van der Waals surface area contributed by atoms with E-state index < -0.39 is 5.97 Å². The Kier molecular flexibility index (Phi) is 3.02. The van der Waals surface area contributed by atoms with Gasteiger partial charge in [-0.2, -0.15) is 5.10 Å². The van der Waals surface area contributed by atoms with Gasteiger partial charge in [-0.25, -0.2) is 4.79 Å². The highest BCUT2D eigenvalue weighted by atomic mass is 16.5. The van der Waals surface area contributed by atoms with Gasteiger partial charge < -0.3 is 9.84 Å². The van der Waals surface area contributed by atoms with E-state index in [4.69, 9.17) is 9.84 Å². The molecule has 0 aromatic carbocycles. The Labute approximate surface area is 75.9 Å². The molecule has 0 amide bonds. The van der Waals surface area contributed by atoms with Crippen molar-refractivity contribution in [2.24, 2.45) is 0 Å². The molecule has 1 aromatic heterocycles. The maximum absolute atomic E-state index is 10.5. The summed E-state index contributed by atoms with van der Waals surface area (Å²) in [6.45, 7) is 2.45. The van der Waals surface area contributed by atoms with Gasteiger partial charge in [-0.1, -0.05) is 0 Å². The van der Waals surface area contributed by atoms with Crippen LogP contribution >= 0.6 is 0 Å². The Hall–Kier alpha value is -1.36. The summed E-state index contributed by atoms with van der Waals surface area (Å²) in [6.07, 6.45) is 2.84. The zero-order chi connectivity index (χ0) is 9.84. The van der Waals surface area contributed by atoms with Gasteiger partial charge in [0.15, 0.2) is 0 Å². The van der Waals surface area contributed by atoms with Crippen molar-refractivity contribution in [1.29, 1.82) is 0 Å². The Morgan fingerprint density at radius 2 is 2.54 bits per heavy atom. The van der Waals surface area contributed by atoms with Gasteiger partial charge >= 0.3 is 5.97 Å². The van der Waals surface area contributed by atoms with Crippen molar-refractivity contribution >= 4 is 5.97 Å². The van der Waals surface area contributed by atoms with Crippen LogP contribution in [-0.4, -0.2) is 34.1 Å². The van der Waals surface area contributed by atoms with E-state index in [1.807, 2.05) is 6.92 Å². The molecule has 13 heavy (non-hydrogen) atoms. The third-order valence-electron chi connectivity index (χ3n) is 1.73. The van der Waals surface area contributed by atoms with Gasteiger partial charge in [-0.3, -0.25) is 4.68 Å². The molecule has 5 nitrogen and oxygen atoms in total. The van der Waals surface area contributed by atoms with E-state index in [0.29, 0.717) is 6.54 Å². The zero-order valence-corrected chi connectivity index (χ0v) is 7.60. The molecule has 0 fully saturated rings. The van der Waals surface area contributed by atoms with Crippen molar-refractivity contribution in [3.63, 3.8) is 0 Å². The lowest BCUT2D eigenvalue weighted by molar-refractivity contribution is 0.0696. The van der Waals surface area contributed by atoms with Gasteiger partial charge in [0.25, 0.3) is 0 Å². The average molecular weight is 184 g/mol. The summed E-state index contributed by atoms with van der Waals surface area (Å²) in [5.41, 5.74) is 0.198. The average Bonchev–Trinajstić information content (AvgIpc) is 2.52. The minimum atomic E-state index is -0.962. The predicted molar refractivity (Wildman–Crippen MR) is 45.7 cm³/mol. The van der Waals surface area contributed by atoms with E-state index in [2.05, 4.69) is 5.10 Å². The number of nitrogens with zero attached hydrogens (tertiary/aromatic N) is 2. The fraction of sp³-hybridized carbons (Fsp3) is 0.500. The Morgan fingerprint density at radius 1 is 1.85 bits per heavy atom. The van der Waals surface area contributed by atoms with Crippen LogP contribution < -0.4 is 0 Å². The van der Waals surface area contributed by atoms with Crippen molar-refractivity contribution in [3.8, 4) is 0 Å². The molecule has 0 spiro atoms. The number of aromatic carboxylic acids is 1. The second kappa shape index (κ2) is 4.04. The molecule has 1 unspecified atom stereocenters. The summed E-state index contributed by atoms with van der Waals surface area (Å²) in [5.74, 6) is -0.962. The van der Waals surface area contributed by atoms with E-state index >= 15 is 0 Å². The summed E-state index contributed by atoms with van der Waals surface area (Å²) in [6, 6.07) is 0. The van der Waals surface area contributed by atoms with Crippen LogP contribution in [0.3, 0.4) is 0 Å². The first-order valence-electron chi connectivity index (χ1n) is 3.92. The quantitative estimate of drug-likeness (QED) is 0.744. The number of aromatic nitrogens is 2. The molecule has 1 aromatic rings. The van der Waals surface area contributed by atoms with Gasteiger partial charge in [0, 0.05) is 13.3 Å². The lowest BCUT2D eigenvalue weighted by Gasteiger charge is -2.08. The number of rotatable bonds is 4. The van der Waals surface area contributed by atoms with Crippen LogP contribution in [0.4, 0.5) is 0 Å². The fourth-order valence-electron chi connectivity index (χ4n) is 0.912. The van der Waals surface area contributed by atoms with Gasteiger partial charge in [0.1, 0.15) is 0 Å². The summed E-state index contributed by atoms with van der Waals surface area (Å²) >= 11 is 0. The van der Waals surface area contributed by atoms with Crippen molar-refractivity contribution in [2.45, 2.75) is 19.6 Å². The van der Waals surface area contributed by atoms with Crippen LogP contribution in [0.15, 0.2) is 12.4 Å². The molecule has 0 aliphatic heterocycles. The van der Waals surface area contributed by atoms with Crippen LogP contribution in [0, 0.1) is 0 Å². The number of ether oxygens (including phenoxy) is 1. The molecule has 1 N–H and O–H groups in total. The molecule has 0 aliphatic rings. The molecule has 0 saturated heterocycles. The third-order valence-corrected chi connectivity index (χ3v) is 1.73. The predicted octanol–water partition coefficient (Wildman–Crippen LogP) is 0.616. The molecule has 5 heteroatoms. The van der Waals surface area contributed by atoms with Crippen molar-refractivity contribution < 1.29 is 14.6 Å². The standard InChI is InChI=1S/C8H12N2O3/c1-6(13-2)4-10-5-7(3-9-10)8(11)12/h3,5-6H,4H2,1-2H3,(H,11,12). The van der Waals surface area contributed by atoms with E-state index in [-0.39, 0.29) is 11.7 Å². The molecule has 0 aliphatic carbocycles. The van der Waals surface area contributed by atoms with E-state index in [1.165, 1.54) is 12.4 Å². The number of carboxylic acid groups (broad SMARTS) is 1. The second-order valence-corrected chi connectivity index (χ2v) is 2.80. The molecular weight excluding hydrogens is 172 g/mol. The number of hydrogen-bond acceptors (Lipinski definition) is 3. The topological polar surface area (TPSA) is 64.3 Å². The van der Waals surface area contributed by atoms with Gasteiger partial charge in [0.05, 0.1) is 24.4 Å². The lowest BCUT2D eigenvalue weighted by atomic mass is 10.4. The van der Waals surface area contributed by atoms with Gasteiger partial charge in [0.2, 0.25) is 0 Å². The number of carbonyl (C=O) groups is 1. The largest absolute Gasteiger partial charge is 0.478 e. The third kappa shape index (κ3) is 2.55. The maximum atomic E-state index is 10.5. The van der Waals surface area contributed by atoms with Crippen molar-refractivity contribution in [1.82, 2.24) is 9.78 Å². The number of methoxy groups -OCH3 is 1. The fourth-order valence-corrected chi connectivity index (χ4v) is 0.912. The SMILES string of the molecule is COC(C)Cn1cc(C(=O)O)cn1. The van der Waals surface area contributed by atoms with Crippen LogP contribution in [0.2, 0.25) is 0 Å². The second-order valence-electron chi connectivity index (χ2n) is 2.80. The first kappa shape index (κ1) is 9.73. The molecule has 1 atom stereocenters. The van der Waals surface area contributed by atoms with Crippen molar-refractivity contribution in [2.75, 3.05) is 7.11 Å². The highest BCUT2D eigenvalue weighted by molar-refractivity contribution is 5.86. The van der Waals surface area contributed by atoms with E-state index in [1.54, 1.807) is 11.8 Å². The summed E-state index contributed by atoms with van der Waals surface area (Å²) in [7, 11) is 1.60. The molecule has 72 valence electrons. The minimum Gasteiger partial charge on any atom is -0.478 e. The van der Waals surface area contributed by atoms with Crippen molar-refractivity contribution in [3.05, 3.63) is 18.0 Å². The number of hydrogen-bond donors (Lipinski definition) is 1. The first-order valence-corrected chi connectivity index (χ1v) is 3.92. The van der Waals surface area contributed by atoms with E-state index in [0.717, 1.165) is 0 Å². The molecule has 1 rings (SSSR count). The lowest BCUT2D eigenvalue weighted by Crippen LogP contribution is -2.14. The Bertz CT molecular complexity index is 295. The van der Waals surface area contributed by atoms with Crippen LogP contribution in [0.5, 0.6) is 0 Å². The number of carboxylic acids is 1. The monoisotopic (exact) mass is 184 g/mol. The molecule has 1 heterocycles. The van der Waals surface area contributed by atoms with Gasteiger partial charge in [-0.05, 0) is 6.92 Å². The Morgan fingerprint density at radius 3 is 3.00 bits per heavy atom. The molecule has 0 radical (unpaired) electrons. The van der Waals surface area contributed by atoms with Crippen LogP contribution in [0.25, 0.3) is 0 Å².